The van der Waals surface area contributed by atoms with Crippen molar-refractivity contribution in [1.82, 2.24) is 14.8 Å². The van der Waals surface area contributed by atoms with Gasteiger partial charge in [-0.05, 0) is 38.0 Å². The van der Waals surface area contributed by atoms with E-state index in [1.807, 2.05) is 42.2 Å². The molecule has 0 radical (unpaired) electrons. The molecule has 0 unspecified atom stereocenters. The highest BCUT2D eigenvalue weighted by molar-refractivity contribution is 5.97. The third-order valence-corrected chi connectivity index (χ3v) is 6.77. The normalized spacial score (nSPS) is 21.9. The highest BCUT2D eigenvalue weighted by Crippen LogP contribution is 2.26. The number of nitrogens with zero attached hydrogens (tertiary/aromatic N) is 3. The number of fused-ring (bicyclic) bond motifs is 2. The molecule has 0 N–H and O–H groups in total. The zero-order chi connectivity index (χ0) is 25.2. The third-order valence-electron chi connectivity index (χ3n) is 6.77. The number of pyridine rings is 1. The Morgan fingerprint density at radius 2 is 1.75 bits per heavy atom. The number of hydrogen-bond acceptors (Lipinski definition) is 6. The first-order valence-corrected chi connectivity index (χ1v) is 13.1. The Morgan fingerprint density at radius 1 is 1.00 bits per heavy atom. The Morgan fingerprint density at radius 3 is 2.56 bits per heavy atom. The van der Waals surface area contributed by atoms with Crippen LogP contribution in [0.3, 0.4) is 0 Å². The van der Waals surface area contributed by atoms with Crippen molar-refractivity contribution in [2.45, 2.75) is 57.7 Å². The number of ether oxygens (including phenoxy) is 3. The number of aromatic nitrogens is 1. The van der Waals surface area contributed by atoms with Crippen LogP contribution in [0.1, 0.15) is 55.8 Å². The summed E-state index contributed by atoms with van der Waals surface area (Å²) in [6, 6.07) is 12.7. The number of hydrogen-bond donors (Lipinski definition) is 0. The zero-order valence-corrected chi connectivity index (χ0v) is 21.1. The van der Waals surface area contributed by atoms with Crippen LogP contribution in [0.25, 0.3) is 0 Å². The van der Waals surface area contributed by atoms with Crippen LogP contribution in [0.15, 0.2) is 48.7 Å². The van der Waals surface area contributed by atoms with Crippen LogP contribution in [-0.4, -0.2) is 78.2 Å². The van der Waals surface area contributed by atoms with E-state index in [2.05, 4.69) is 4.98 Å². The van der Waals surface area contributed by atoms with E-state index in [4.69, 9.17) is 14.2 Å². The molecule has 36 heavy (non-hydrogen) atoms. The molecule has 4 rings (SSSR count). The topological polar surface area (TPSA) is 81.2 Å². The lowest BCUT2D eigenvalue weighted by Crippen LogP contribution is -2.35. The number of carbonyl (C=O) groups excluding carboxylic acids is 2. The average Bonchev–Trinajstić information content (AvgIpc) is 3.31. The van der Waals surface area contributed by atoms with Gasteiger partial charge in [-0.25, -0.2) is 4.98 Å². The van der Waals surface area contributed by atoms with Gasteiger partial charge in [-0.15, -0.1) is 0 Å². The average molecular weight is 496 g/mol. The standard InChI is InChI=1S/C28H37N3O5/c1-2-30-17-11-5-3-4-6-12-18-34-24-19-31(27(32)21-35-26-15-9-10-16-29-26)20-25(24)36-23-14-8-7-13-22(23)28(30)33/h7-10,13-16,24-25H,2-6,11-12,17-21H2,1H3/t24-,25-/m1/s1. The fraction of sp³-hybridized carbons (Fsp3) is 0.536. The summed E-state index contributed by atoms with van der Waals surface area (Å²) >= 11 is 0. The summed E-state index contributed by atoms with van der Waals surface area (Å²) in [6.45, 7) is 4.73. The van der Waals surface area contributed by atoms with Crippen molar-refractivity contribution >= 4 is 11.8 Å². The second-order valence-electron chi connectivity index (χ2n) is 9.32. The summed E-state index contributed by atoms with van der Waals surface area (Å²) in [5.74, 6) is 0.779. The SMILES string of the molecule is CCN1CCCCCCCCO[C@@H]2CN(C(=O)COc3ccccn3)C[C@H]2Oc2ccccc2C1=O. The number of benzene rings is 1. The predicted octanol–water partition coefficient (Wildman–Crippen LogP) is 3.95. The van der Waals surface area contributed by atoms with Crippen LogP contribution in [-0.2, 0) is 9.53 Å². The summed E-state index contributed by atoms with van der Waals surface area (Å²) in [5, 5.41) is 0. The van der Waals surface area contributed by atoms with Gasteiger partial charge >= 0.3 is 0 Å². The van der Waals surface area contributed by atoms with Crippen molar-refractivity contribution < 1.29 is 23.8 Å². The maximum atomic E-state index is 13.4. The van der Waals surface area contributed by atoms with Crippen LogP contribution in [0, 0.1) is 0 Å². The van der Waals surface area contributed by atoms with Crippen LogP contribution >= 0.6 is 0 Å². The van der Waals surface area contributed by atoms with E-state index in [0.717, 1.165) is 45.1 Å². The second kappa shape index (κ2) is 13.3. The minimum absolute atomic E-state index is 0.0210. The van der Waals surface area contributed by atoms with Crippen molar-refractivity contribution in [2.24, 2.45) is 0 Å². The number of para-hydroxylation sites is 1. The van der Waals surface area contributed by atoms with Gasteiger partial charge in [-0.3, -0.25) is 9.59 Å². The molecule has 194 valence electrons. The molecular formula is C28H37N3O5. The molecule has 2 aliphatic heterocycles. The van der Waals surface area contributed by atoms with Gasteiger partial charge in [0.05, 0.1) is 18.7 Å². The smallest absolute Gasteiger partial charge is 0.260 e. The Hall–Kier alpha value is -3.13. The van der Waals surface area contributed by atoms with Gasteiger partial charge in [-0.2, -0.15) is 0 Å². The van der Waals surface area contributed by atoms with Crippen molar-refractivity contribution in [3.05, 3.63) is 54.2 Å². The lowest BCUT2D eigenvalue weighted by atomic mass is 10.1. The molecule has 1 saturated heterocycles. The molecule has 2 amide bonds. The molecular weight excluding hydrogens is 458 g/mol. The van der Waals surface area contributed by atoms with E-state index in [0.29, 0.717) is 43.4 Å². The Labute approximate surface area is 213 Å². The molecule has 0 aliphatic carbocycles. The molecule has 2 aliphatic rings. The predicted molar refractivity (Wildman–Crippen MR) is 136 cm³/mol. The van der Waals surface area contributed by atoms with Crippen LogP contribution in [0.5, 0.6) is 11.6 Å². The highest BCUT2D eigenvalue weighted by atomic mass is 16.5. The first-order chi connectivity index (χ1) is 17.7. The van der Waals surface area contributed by atoms with Crippen molar-refractivity contribution in [1.29, 1.82) is 0 Å². The molecule has 3 heterocycles. The summed E-state index contributed by atoms with van der Waals surface area (Å²) in [7, 11) is 0. The summed E-state index contributed by atoms with van der Waals surface area (Å²) in [4.78, 5) is 34.0. The second-order valence-corrected chi connectivity index (χ2v) is 9.32. The molecule has 0 spiro atoms. The van der Waals surface area contributed by atoms with Gasteiger partial charge in [-0.1, -0.05) is 43.9 Å². The number of rotatable bonds is 4. The summed E-state index contributed by atoms with van der Waals surface area (Å²) in [5.41, 5.74) is 0.549. The van der Waals surface area contributed by atoms with Crippen LogP contribution in [0.2, 0.25) is 0 Å². The van der Waals surface area contributed by atoms with E-state index < -0.39 is 0 Å². The lowest BCUT2D eigenvalue weighted by molar-refractivity contribution is -0.133. The molecule has 1 fully saturated rings. The molecule has 8 heteroatoms. The van der Waals surface area contributed by atoms with E-state index in [-0.39, 0.29) is 30.6 Å². The zero-order valence-electron chi connectivity index (χ0n) is 21.1. The first-order valence-electron chi connectivity index (χ1n) is 13.1. The first kappa shape index (κ1) is 25.9. The molecule has 0 saturated carbocycles. The lowest BCUT2D eigenvalue weighted by Gasteiger charge is -2.25. The number of likely N-dealkylation sites (tertiary alicyclic amines) is 1. The fourth-order valence-electron chi connectivity index (χ4n) is 4.71. The Bertz CT molecular complexity index is 986. The molecule has 2 atom stereocenters. The maximum Gasteiger partial charge on any atom is 0.260 e. The number of carbonyl (C=O) groups is 2. The van der Waals surface area contributed by atoms with Crippen molar-refractivity contribution in [3.8, 4) is 11.6 Å². The number of amides is 2. The summed E-state index contributed by atoms with van der Waals surface area (Å²) in [6.07, 6.45) is 7.51. The van der Waals surface area contributed by atoms with Gasteiger partial charge in [0.25, 0.3) is 11.8 Å². The molecule has 1 aromatic carbocycles. The molecule has 0 bridgehead atoms. The van der Waals surface area contributed by atoms with Gasteiger partial charge in [0.15, 0.2) is 6.61 Å². The van der Waals surface area contributed by atoms with E-state index in [9.17, 15) is 9.59 Å². The van der Waals surface area contributed by atoms with Gasteiger partial charge < -0.3 is 24.0 Å². The molecule has 2 aromatic rings. The van der Waals surface area contributed by atoms with Gasteiger partial charge in [0, 0.05) is 32.0 Å². The minimum Gasteiger partial charge on any atom is -0.485 e. The monoisotopic (exact) mass is 495 g/mol. The van der Waals surface area contributed by atoms with Crippen LogP contribution in [0.4, 0.5) is 0 Å². The van der Waals surface area contributed by atoms with Crippen molar-refractivity contribution in [3.63, 3.8) is 0 Å². The van der Waals surface area contributed by atoms with E-state index >= 15 is 0 Å². The van der Waals surface area contributed by atoms with E-state index in [1.165, 1.54) is 0 Å². The van der Waals surface area contributed by atoms with Crippen molar-refractivity contribution in [2.75, 3.05) is 39.4 Å². The van der Waals surface area contributed by atoms with Gasteiger partial charge in [0.2, 0.25) is 5.88 Å². The third kappa shape index (κ3) is 6.97. The largest absolute Gasteiger partial charge is 0.485 e. The molecule has 8 nitrogen and oxygen atoms in total. The van der Waals surface area contributed by atoms with Gasteiger partial charge in [0.1, 0.15) is 18.0 Å². The summed E-state index contributed by atoms with van der Waals surface area (Å²) < 4.78 is 18.2. The van der Waals surface area contributed by atoms with E-state index in [1.54, 1.807) is 23.2 Å². The maximum absolute atomic E-state index is 13.4. The van der Waals surface area contributed by atoms with Crippen LogP contribution < -0.4 is 9.47 Å². The Balaban J connectivity index is 1.49. The fourth-order valence-corrected chi connectivity index (χ4v) is 4.71. The minimum atomic E-state index is -0.374. The Kier molecular flexibility index (Phi) is 9.55. The quantitative estimate of drug-likeness (QED) is 0.639. The highest BCUT2D eigenvalue weighted by Gasteiger charge is 2.38. The molecule has 1 aromatic heterocycles.